The fourth-order valence-electron chi connectivity index (χ4n) is 1.63. The molecule has 0 amide bonds. The number of hydrogen-bond donors (Lipinski definition) is 2. The number of nitrogens with two attached hydrogens (primary N) is 1. The average molecular weight is 242 g/mol. The van der Waals surface area contributed by atoms with Crippen molar-refractivity contribution in [2.24, 2.45) is 5.84 Å². The van der Waals surface area contributed by atoms with E-state index < -0.39 is 0 Å². The zero-order chi connectivity index (χ0) is 12.7. The van der Waals surface area contributed by atoms with Crippen molar-refractivity contribution >= 4 is 0 Å². The van der Waals surface area contributed by atoms with E-state index in [1.54, 1.807) is 18.2 Å². The lowest BCUT2D eigenvalue weighted by atomic mass is 10.0. The monoisotopic (exact) mass is 242 g/mol. The van der Waals surface area contributed by atoms with E-state index in [-0.39, 0.29) is 17.6 Å². The van der Waals surface area contributed by atoms with Gasteiger partial charge in [-0.1, -0.05) is 12.1 Å². The maximum atomic E-state index is 14.0. The van der Waals surface area contributed by atoms with Crippen LogP contribution in [0.5, 0.6) is 5.75 Å². The summed E-state index contributed by atoms with van der Waals surface area (Å²) in [6, 6.07) is 4.72. The highest BCUT2D eigenvalue weighted by Gasteiger charge is 2.17. The first-order valence-corrected chi connectivity index (χ1v) is 5.60. The topological polar surface area (TPSA) is 56.5 Å². The number of hydrogen-bond acceptors (Lipinski definition) is 4. The number of hydrazine groups is 1. The Balaban J connectivity index is 2.80. The van der Waals surface area contributed by atoms with E-state index in [1.165, 1.54) is 7.11 Å². The first-order valence-electron chi connectivity index (χ1n) is 5.60. The third-order valence-electron chi connectivity index (χ3n) is 2.54. The third kappa shape index (κ3) is 3.66. The highest BCUT2D eigenvalue weighted by atomic mass is 19.1. The standard InChI is InChI=1S/C12H19FN2O2/c1-3-17-8-7-10(15-14)9-5-4-6-11(16-2)12(9)13/h4-6,10,15H,3,7-8,14H2,1-2H3. The molecule has 1 unspecified atom stereocenters. The molecule has 0 saturated heterocycles. The largest absolute Gasteiger partial charge is 0.494 e. The van der Waals surface area contributed by atoms with Crippen molar-refractivity contribution in [3.05, 3.63) is 29.6 Å². The van der Waals surface area contributed by atoms with Crippen LogP contribution in [0.1, 0.15) is 24.9 Å². The Kier molecular flexibility index (Phi) is 5.90. The number of halogens is 1. The van der Waals surface area contributed by atoms with Crippen molar-refractivity contribution < 1.29 is 13.9 Å². The average Bonchev–Trinajstić information content (AvgIpc) is 2.36. The molecular weight excluding hydrogens is 223 g/mol. The summed E-state index contributed by atoms with van der Waals surface area (Å²) in [6.07, 6.45) is 0.606. The highest BCUT2D eigenvalue weighted by Crippen LogP contribution is 2.26. The van der Waals surface area contributed by atoms with E-state index in [0.29, 0.717) is 25.2 Å². The van der Waals surface area contributed by atoms with Crippen LogP contribution in [-0.2, 0) is 4.74 Å². The minimum absolute atomic E-state index is 0.221. The molecule has 1 aromatic rings. The van der Waals surface area contributed by atoms with Gasteiger partial charge in [0.15, 0.2) is 11.6 Å². The van der Waals surface area contributed by atoms with Crippen LogP contribution >= 0.6 is 0 Å². The molecule has 0 spiro atoms. The molecule has 0 aliphatic rings. The van der Waals surface area contributed by atoms with Gasteiger partial charge in [0.05, 0.1) is 13.2 Å². The molecule has 4 nitrogen and oxygen atoms in total. The van der Waals surface area contributed by atoms with Crippen LogP contribution in [-0.4, -0.2) is 20.3 Å². The molecule has 3 N–H and O–H groups in total. The van der Waals surface area contributed by atoms with Crippen molar-refractivity contribution in [2.45, 2.75) is 19.4 Å². The number of ether oxygens (including phenoxy) is 2. The summed E-state index contributed by atoms with van der Waals surface area (Å²) < 4.78 is 24.1. The fraction of sp³-hybridized carbons (Fsp3) is 0.500. The van der Waals surface area contributed by atoms with Crippen molar-refractivity contribution in [1.82, 2.24) is 5.43 Å². The quantitative estimate of drug-likeness (QED) is 0.434. The Morgan fingerprint density at radius 3 is 2.82 bits per heavy atom. The molecule has 0 aliphatic carbocycles. The highest BCUT2D eigenvalue weighted by molar-refractivity contribution is 5.32. The molecule has 0 bridgehead atoms. The first-order chi connectivity index (χ1) is 8.24. The predicted octanol–water partition coefficient (Wildman–Crippen LogP) is 1.77. The molecule has 17 heavy (non-hydrogen) atoms. The van der Waals surface area contributed by atoms with Gasteiger partial charge in [-0.15, -0.1) is 0 Å². The van der Waals surface area contributed by atoms with Gasteiger partial charge < -0.3 is 9.47 Å². The number of benzene rings is 1. The van der Waals surface area contributed by atoms with Crippen LogP contribution in [0.25, 0.3) is 0 Å². The fourth-order valence-corrected chi connectivity index (χ4v) is 1.63. The second kappa shape index (κ2) is 7.21. The molecule has 0 aromatic heterocycles. The molecule has 1 atom stereocenters. The summed E-state index contributed by atoms with van der Waals surface area (Å²) >= 11 is 0. The summed E-state index contributed by atoms with van der Waals surface area (Å²) in [5.41, 5.74) is 3.09. The lowest BCUT2D eigenvalue weighted by Gasteiger charge is -2.17. The number of rotatable bonds is 7. The van der Waals surface area contributed by atoms with Crippen molar-refractivity contribution in [3.63, 3.8) is 0 Å². The van der Waals surface area contributed by atoms with Gasteiger partial charge in [0.25, 0.3) is 0 Å². The predicted molar refractivity (Wildman–Crippen MR) is 64.1 cm³/mol. The van der Waals surface area contributed by atoms with E-state index in [2.05, 4.69) is 5.43 Å². The van der Waals surface area contributed by atoms with Gasteiger partial charge in [-0.05, 0) is 19.4 Å². The van der Waals surface area contributed by atoms with Crippen molar-refractivity contribution in [3.8, 4) is 5.75 Å². The molecule has 5 heteroatoms. The molecule has 0 heterocycles. The zero-order valence-electron chi connectivity index (χ0n) is 10.2. The minimum Gasteiger partial charge on any atom is -0.494 e. The Labute approximate surface area is 101 Å². The number of nitrogens with one attached hydrogen (secondary N) is 1. The van der Waals surface area contributed by atoms with E-state index in [9.17, 15) is 4.39 Å². The summed E-state index contributed by atoms with van der Waals surface area (Å²) in [4.78, 5) is 0. The lowest BCUT2D eigenvalue weighted by molar-refractivity contribution is 0.136. The molecule has 0 saturated carbocycles. The van der Waals surface area contributed by atoms with E-state index in [1.807, 2.05) is 6.92 Å². The van der Waals surface area contributed by atoms with Crippen LogP contribution in [0.15, 0.2) is 18.2 Å². The summed E-state index contributed by atoms with van der Waals surface area (Å²) in [5, 5.41) is 0. The van der Waals surface area contributed by atoms with Crippen LogP contribution < -0.4 is 16.0 Å². The van der Waals surface area contributed by atoms with E-state index in [0.717, 1.165) is 0 Å². The second-order valence-corrected chi connectivity index (χ2v) is 3.57. The summed E-state index contributed by atoms with van der Waals surface area (Å²) in [7, 11) is 1.44. The van der Waals surface area contributed by atoms with E-state index in [4.69, 9.17) is 15.3 Å². The van der Waals surface area contributed by atoms with E-state index >= 15 is 0 Å². The van der Waals surface area contributed by atoms with Gasteiger partial charge in [-0.25, -0.2) is 4.39 Å². The normalized spacial score (nSPS) is 12.5. The second-order valence-electron chi connectivity index (χ2n) is 3.57. The van der Waals surface area contributed by atoms with Crippen LogP contribution in [0, 0.1) is 5.82 Å². The molecule has 0 fully saturated rings. The summed E-state index contributed by atoms with van der Waals surface area (Å²) in [6.45, 7) is 3.08. The molecule has 96 valence electrons. The Morgan fingerprint density at radius 1 is 1.47 bits per heavy atom. The van der Waals surface area contributed by atoms with Gasteiger partial charge in [0.1, 0.15) is 0 Å². The smallest absolute Gasteiger partial charge is 0.169 e. The molecule has 0 radical (unpaired) electrons. The molecule has 0 aliphatic heterocycles. The maximum absolute atomic E-state index is 14.0. The SMILES string of the molecule is CCOCCC(NN)c1cccc(OC)c1F. The maximum Gasteiger partial charge on any atom is 0.169 e. The zero-order valence-corrected chi connectivity index (χ0v) is 10.2. The number of methoxy groups -OCH3 is 1. The lowest BCUT2D eigenvalue weighted by Crippen LogP contribution is -2.29. The van der Waals surface area contributed by atoms with Crippen LogP contribution in [0.4, 0.5) is 4.39 Å². The van der Waals surface area contributed by atoms with Gasteiger partial charge in [-0.3, -0.25) is 11.3 Å². The minimum atomic E-state index is -0.380. The van der Waals surface area contributed by atoms with Gasteiger partial charge >= 0.3 is 0 Å². The Morgan fingerprint density at radius 2 is 2.24 bits per heavy atom. The molecule has 1 rings (SSSR count). The Bertz CT molecular complexity index is 347. The Hall–Kier alpha value is -1.17. The molecule has 1 aromatic carbocycles. The summed E-state index contributed by atoms with van der Waals surface area (Å²) in [5.74, 6) is 5.28. The van der Waals surface area contributed by atoms with Crippen LogP contribution in [0.3, 0.4) is 0 Å². The van der Waals surface area contributed by atoms with Gasteiger partial charge in [-0.2, -0.15) is 0 Å². The molecular formula is C12H19FN2O2. The van der Waals surface area contributed by atoms with Gasteiger partial charge in [0.2, 0.25) is 0 Å². The van der Waals surface area contributed by atoms with Crippen LogP contribution in [0.2, 0.25) is 0 Å². The van der Waals surface area contributed by atoms with Crippen molar-refractivity contribution in [2.75, 3.05) is 20.3 Å². The van der Waals surface area contributed by atoms with Crippen molar-refractivity contribution in [1.29, 1.82) is 0 Å². The third-order valence-corrected chi connectivity index (χ3v) is 2.54. The first kappa shape index (κ1) is 13.9. The van der Waals surface area contributed by atoms with Gasteiger partial charge in [0, 0.05) is 18.8 Å².